The van der Waals surface area contributed by atoms with E-state index in [0.29, 0.717) is 46.8 Å². The minimum absolute atomic E-state index is 0.0480. The summed E-state index contributed by atoms with van der Waals surface area (Å²) in [5, 5.41) is 7.09. The molecule has 1 N–H and O–H groups in total. The number of hydrogen-bond donors (Lipinski definition) is 1. The summed E-state index contributed by atoms with van der Waals surface area (Å²) >= 11 is 0. The molecule has 1 saturated heterocycles. The van der Waals surface area contributed by atoms with Gasteiger partial charge in [0, 0.05) is 35.8 Å². The molecule has 12 heteroatoms. The van der Waals surface area contributed by atoms with Crippen molar-refractivity contribution in [2.75, 3.05) is 18.4 Å². The first-order chi connectivity index (χ1) is 18.0. The lowest BCUT2D eigenvalue weighted by atomic mass is 10.0. The average Bonchev–Trinajstić information content (AvgIpc) is 3.55. The largest absolute Gasteiger partial charge is 0.419 e. The third-order valence-electron chi connectivity index (χ3n) is 7.53. The lowest BCUT2D eigenvalue weighted by Gasteiger charge is -2.44. The molecular formula is C26H25F5N6O. The fourth-order valence-electron chi connectivity index (χ4n) is 5.78. The van der Waals surface area contributed by atoms with E-state index in [1.165, 1.54) is 0 Å². The molecule has 0 aromatic carbocycles. The maximum Gasteiger partial charge on any atom is 0.419 e. The van der Waals surface area contributed by atoms with Gasteiger partial charge in [0.1, 0.15) is 11.3 Å². The summed E-state index contributed by atoms with van der Waals surface area (Å²) in [7, 11) is 0. The third kappa shape index (κ3) is 4.34. The van der Waals surface area contributed by atoms with Gasteiger partial charge in [0.15, 0.2) is 0 Å². The first-order valence-electron chi connectivity index (χ1n) is 12.5. The smallest absolute Gasteiger partial charge is 0.361 e. The fourth-order valence-corrected chi connectivity index (χ4v) is 5.78. The van der Waals surface area contributed by atoms with E-state index in [4.69, 9.17) is 4.52 Å². The zero-order valence-corrected chi connectivity index (χ0v) is 20.7. The molecule has 4 heterocycles. The Hall–Kier alpha value is -3.41. The minimum atomic E-state index is -4.67. The number of pyridine rings is 1. The molecule has 6 rings (SSSR count). The van der Waals surface area contributed by atoms with Crippen LogP contribution in [0, 0.1) is 13.8 Å². The van der Waals surface area contributed by atoms with Crippen molar-refractivity contribution in [2.45, 2.75) is 63.7 Å². The van der Waals surface area contributed by atoms with Crippen LogP contribution in [0.4, 0.5) is 27.9 Å². The zero-order valence-electron chi connectivity index (χ0n) is 20.7. The molecule has 0 bridgehead atoms. The standard InChI is InChI=1S/C26H25F5N6O/c1-13-22(14(2)38-36-13)20-9-6-15-16(7-8-18(15)33-20)23-17(26(29,30)31)10-32-24(35-23)34-19-4-3-5-21(19)37-11-25(27,28)12-37/h6-7,9-10,19,21H,3-5,8,11-12H2,1-2H3,(H,32,34,35)/t19-,21-/m0/s1. The number of likely N-dealkylation sites (tertiary alicyclic amines) is 1. The van der Waals surface area contributed by atoms with Gasteiger partial charge >= 0.3 is 6.18 Å². The van der Waals surface area contributed by atoms with Gasteiger partial charge < -0.3 is 9.84 Å². The predicted molar refractivity (Wildman–Crippen MR) is 129 cm³/mol. The normalized spacial score (nSPS) is 22.8. The predicted octanol–water partition coefficient (Wildman–Crippen LogP) is 5.43. The van der Waals surface area contributed by atoms with Crippen LogP contribution in [0.5, 0.6) is 0 Å². The Labute approximate surface area is 215 Å². The van der Waals surface area contributed by atoms with Gasteiger partial charge in [0.05, 0.1) is 41.4 Å². The summed E-state index contributed by atoms with van der Waals surface area (Å²) in [6, 6.07) is 3.13. The number of rotatable bonds is 5. The number of fused-ring (bicyclic) bond motifs is 1. The fraction of sp³-hybridized carbons (Fsp3) is 0.462. The number of halogens is 5. The van der Waals surface area contributed by atoms with Gasteiger partial charge in [0.25, 0.3) is 5.92 Å². The molecule has 0 unspecified atom stereocenters. The molecule has 1 aliphatic heterocycles. The molecule has 0 spiro atoms. The van der Waals surface area contributed by atoms with Crippen molar-refractivity contribution >= 4 is 11.5 Å². The second-order valence-electron chi connectivity index (χ2n) is 10.2. The third-order valence-corrected chi connectivity index (χ3v) is 7.53. The van der Waals surface area contributed by atoms with Crippen molar-refractivity contribution in [2.24, 2.45) is 0 Å². The molecule has 38 heavy (non-hydrogen) atoms. The number of nitrogens with one attached hydrogen (secondary N) is 1. The van der Waals surface area contributed by atoms with Crippen LogP contribution in [-0.4, -0.2) is 56.1 Å². The van der Waals surface area contributed by atoms with Crippen molar-refractivity contribution in [3.05, 3.63) is 58.4 Å². The maximum absolute atomic E-state index is 14.0. The van der Waals surface area contributed by atoms with E-state index >= 15 is 0 Å². The first-order valence-corrected chi connectivity index (χ1v) is 12.5. The molecular weight excluding hydrogens is 507 g/mol. The van der Waals surface area contributed by atoms with Crippen molar-refractivity contribution in [1.82, 2.24) is 25.0 Å². The lowest BCUT2D eigenvalue weighted by Crippen LogP contribution is -2.62. The molecule has 2 atom stereocenters. The second-order valence-corrected chi connectivity index (χ2v) is 10.2. The van der Waals surface area contributed by atoms with Crippen LogP contribution in [0.2, 0.25) is 0 Å². The Balaban J connectivity index is 1.31. The Bertz CT molecular complexity index is 1400. The molecule has 3 aromatic rings. The molecule has 0 amide bonds. The van der Waals surface area contributed by atoms with Crippen molar-refractivity contribution in [3.8, 4) is 11.3 Å². The van der Waals surface area contributed by atoms with E-state index in [1.807, 2.05) is 0 Å². The number of aryl methyl sites for hydroxylation is 2. The highest BCUT2D eigenvalue weighted by atomic mass is 19.4. The van der Waals surface area contributed by atoms with Crippen LogP contribution in [0.3, 0.4) is 0 Å². The summed E-state index contributed by atoms with van der Waals surface area (Å²) in [6.07, 6.45) is 0.425. The monoisotopic (exact) mass is 532 g/mol. The van der Waals surface area contributed by atoms with E-state index in [0.717, 1.165) is 24.6 Å². The molecule has 2 aliphatic carbocycles. The SMILES string of the molecule is Cc1noc(C)c1-c1ccc2c(n1)CC=C2c1nc(N[C@H]2CCC[C@@H]2N2CC(F)(F)C2)ncc1C(F)(F)F. The molecule has 3 aromatic heterocycles. The quantitative estimate of drug-likeness (QED) is 0.439. The molecule has 3 aliphatic rings. The zero-order chi connectivity index (χ0) is 26.8. The second kappa shape index (κ2) is 8.82. The molecule has 2 fully saturated rings. The number of allylic oxidation sites excluding steroid dienone is 1. The van der Waals surface area contributed by atoms with Crippen LogP contribution in [0.1, 0.15) is 53.2 Å². The van der Waals surface area contributed by atoms with E-state index in [2.05, 4.69) is 25.4 Å². The Morgan fingerprint density at radius 1 is 1.11 bits per heavy atom. The number of alkyl halides is 5. The highest BCUT2D eigenvalue weighted by molar-refractivity contribution is 5.85. The van der Waals surface area contributed by atoms with Crippen LogP contribution in [0.15, 0.2) is 28.9 Å². The molecule has 1 saturated carbocycles. The van der Waals surface area contributed by atoms with Crippen LogP contribution in [0.25, 0.3) is 16.8 Å². The van der Waals surface area contributed by atoms with Gasteiger partial charge in [-0.25, -0.2) is 18.7 Å². The van der Waals surface area contributed by atoms with Gasteiger partial charge in [-0.2, -0.15) is 13.2 Å². The molecule has 0 radical (unpaired) electrons. The molecule has 200 valence electrons. The van der Waals surface area contributed by atoms with Gasteiger partial charge in [-0.3, -0.25) is 9.88 Å². The number of aromatic nitrogens is 4. The Morgan fingerprint density at radius 3 is 2.58 bits per heavy atom. The Kier molecular flexibility index (Phi) is 5.78. The van der Waals surface area contributed by atoms with Crippen molar-refractivity contribution in [3.63, 3.8) is 0 Å². The highest BCUT2D eigenvalue weighted by Crippen LogP contribution is 2.41. The molecule has 7 nitrogen and oxygen atoms in total. The Morgan fingerprint density at radius 2 is 1.89 bits per heavy atom. The van der Waals surface area contributed by atoms with E-state index in [-0.39, 0.29) is 36.8 Å². The number of hydrogen-bond acceptors (Lipinski definition) is 7. The van der Waals surface area contributed by atoms with Crippen LogP contribution in [-0.2, 0) is 12.6 Å². The van der Waals surface area contributed by atoms with Gasteiger partial charge in [-0.15, -0.1) is 0 Å². The summed E-state index contributed by atoms with van der Waals surface area (Å²) < 4.78 is 74.1. The van der Waals surface area contributed by atoms with Crippen LogP contribution < -0.4 is 5.32 Å². The van der Waals surface area contributed by atoms with Crippen LogP contribution >= 0.6 is 0 Å². The minimum Gasteiger partial charge on any atom is -0.361 e. The first kappa shape index (κ1) is 24.9. The number of nitrogens with zero attached hydrogens (tertiary/aromatic N) is 5. The van der Waals surface area contributed by atoms with Crippen molar-refractivity contribution in [1.29, 1.82) is 0 Å². The van der Waals surface area contributed by atoms with Gasteiger partial charge in [-0.1, -0.05) is 17.3 Å². The average molecular weight is 533 g/mol. The summed E-state index contributed by atoms with van der Waals surface area (Å²) in [5.41, 5.74) is 2.44. The topological polar surface area (TPSA) is 80.0 Å². The highest BCUT2D eigenvalue weighted by Gasteiger charge is 2.49. The summed E-state index contributed by atoms with van der Waals surface area (Å²) in [4.78, 5) is 14.7. The lowest BCUT2D eigenvalue weighted by molar-refractivity contribution is -0.145. The number of anilines is 1. The summed E-state index contributed by atoms with van der Waals surface area (Å²) in [6.45, 7) is 2.97. The van der Waals surface area contributed by atoms with E-state index in [1.54, 1.807) is 37.0 Å². The van der Waals surface area contributed by atoms with Gasteiger partial charge in [0.2, 0.25) is 5.95 Å². The summed E-state index contributed by atoms with van der Waals surface area (Å²) in [5.74, 6) is -2.03. The van der Waals surface area contributed by atoms with Gasteiger partial charge in [-0.05, 0) is 39.2 Å². The van der Waals surface area contributed by atoms with E-state index in [9.17, 15) is 22.0 Å². The maximum atomic E-state index is 14.0. The van der Waals surface area contributed by atoms with E-state index < -0.39 is 17.7 Å². The van der Waals surface area contributed by atoms with Crippen molar-refractivity contribution < 1.29 is 26.5 Å².